The normalized spacial score (nSPS) is 15.3. The summed E-state index contributed by atoms with van der Waals surface area (Å²) in [5.41, 5.74) is 1.85. The quantitative estimate of drug-likeness (QED) is 0.679. The topological polar surface area (TPSA) is 72.5 Å². The number of aromatic nitrogens is 2. The summed E-state index contributed by atoms with van der Waals surface area (Å²) in [6.07, 6.45) is 0. The highest BCUT2D eigenvalue weighted by Gasteiger charge is 2.26. The van der Waals surface area contributed by atoms with Gasteiger partial charge in [0.2, 0.25) is 0 Å². The van der Waals surface area contributed by atoms with Gasteiger partial charge in [-0.1, -0.05) is 30.3 Å². The van der Waals surface area contributed by atoms with Crippen LogP contribution < -0.4 is 5.56 Å². The van der Waals surface area contributed by atoms with Crippen molar-refractivity contribution in [2.24, 2.45) is 0 Å². The molecule has 1 amide bonds. The van der Waals surface area contributed by atoms with E-state index < -0.39 is 0 Å². The number of thiophene rings is 1. The lowest BCUT2D eigenvalue weighted by Gasteiger charge is -2.34. The lowest BCUT2D eigenvalue weighted by Crippen LogP contribution is -2.48. The van der Waals surface area contributed by atoms with Gasteiger partial charge in [0, 0.05) is 32.7 Å². The number of nitrogens with one attached hydrogen (secondary N) is 1. The van der Waals surface area contributed by atoms with Gasteiger partial charge in [-0.15, -0.1) is 11.3 Å². The first-order valence-electron chi connectivity index (χ1n) is 10.1. The Hall–Kier alpha value is -2.55. The lowest BCUT2D eigenvalue weighted by molar-refractivity contribution is 0.0632. The van der Waals surface area contributed by atoms with Crippen LogP contribution in [0.5, 0.6) is 0 Å². The Kier molecular flexibility index (Phi) is 5.99. The van der Waals surface area contributed by atoms with Crippen LogP contribution in [0.15, 0.2) is 35.1 Å². The smallest absolute Gasteiger partial charge is 0.264 e. The van der Waals surface area contributed by atoms with Crippen molar-refractivity contribution < 1.29 is 4.79 Å². The van der Waals surface area contributed by atoms with Crippen LogP contribution in [0.4, 0.5) is 0 Å². The number of piperazine rings is 1. The van der Waals surface area contributed by atoms with E-state index in [1.54, 1.807) is 0 Å². The van der Waals surface area contributed by atoms with Crippen molar-refractivity contribution in [3.8, 4) is 0 Å². The van der Waals surface area contributed by atoms with E-state index in [9.17, 15) is 9.59 Å². The van der Waals surface area contributed by atoms with Crippen molar-refractivity contribution in [2.45, 2.75) is 20.0 Å². The van der Waals surface area contributed by atoms with Gasteiger partial charge in [-0.2, -0.15) is 0 Å². The lowest BCUT2D eigenvalue weighted by atomic mass is 10.1. The van der Waals surface area contributed by atoms with E-state index in [1.807, 2.05) is 36.9 Å². The zero-order valence-corrected chi connectivity index (χ0v) is 18.5. The second-order valence-corrected chi connectivity index (χ2v) is 9.04. The van der Waals surface area contributed by atoms with E-state index in [0.29, 0.717) is 40.6 Å². The summed E-state index contributed by atoms with van der Waals surface area (Å²) in [6, 6.07) is 10.4. The molecule has 3 aromatic rings. The molecule has 1 saturated heterocycles. The number of nitrogens with zero attached hydrogens (tertiary/aromatic N) is 4. The highest BCUT2D eigenvalue weighted by Crippen LogP contribution is 2.28. The second-order valence-electron chi connectivity index (χ2n) is 8.04. The third kappa shape index (κ3) is 4.30. The predicted octanol–water partition coefficient (Wildman–Crippen LogP) is 2.31. The summed E-state index contributed by atoms with van der Waals surface area (Å²) in [5, 5.41) is 0.536. The molecule has 0 aliphatic carbocycles. The Labute approximate surface area is 179 Å². The Morgan fingerprint density at radius 3 is 2.53 bits per heavy atom. The fraction of sp³-hybridized carbons (Fsp3) is 0.409. The van der Waals surface area contributed by atoms with Crippen molar-refractivity contribution in [1.29, 1.82) is 0 Å². The first-order valence-corrected chi connectivity index (χ1v) is 11.0. The van der Waals surface area contributed by atoms with Crippen molar-refractivity contribution >= 4 is 27.5 Å². The van der Waals surface area contributed by atoms with E-state index in [1.165, 1.54) is 16.9 Å². The maximum absolute atomic E-state index is 13.2. The standard InChI is InChI=1S/C22H27N5O2S/c1-15-18-20(28)23-17(14-25(2)3)24-21(18)30-19(15)22(29)27-11-9-26(10-12-27)13-16-7-5-4-6-8-16/h4-8H,9-14H2,1-3H3,(H,23,24,28). The summed E-state index contributed by atoms with van der Waals surface area (Å²) in [4.78, 5) is 40.7. The number of hydrogen-bond donors (Lipinski definition) is 1. The maximum atomic E-state index is 13.2. The number of hydrogen-bond acceptors (Lipinski definition) is 6. The molecule has 0 atom stereocenters. The van der Waals surface area contributed by atoms with Gasteiger partial charge in [-0.3, -0.25) is 14.5 Å². The monoisotopic (exact) mass is 425 g/mol. The van der Waals surface area contributed by atoms with Gasteiger partial charge in [0.1, 0.15) is 10.7 Å². The second kappa shape index (κ2) is 8.67. The molecule has 8 heteroatoms. The molecule has 0 unspecified atom stereocenters. The number of aromatic amines is 1. The third-order valence-electron chi connectivity index (χ3n) is 5.42. The van der Waals surface area contributed by atoms with Crippen LogP contribution in [-0.4, -0.2) is 70.8 Å². The number of rotatable bonds is 5. The van der Waals surface area contributed by atoms with Crippen molar-refractivity contribution in [1.82, 2.24) is 24.7 Å². The molecule has 1 aromatic carbocycles. The highest BCUT2D eigenvalue weighted by atomic mass is 32.1. The molecule has 1 aliphatic heterocycles. The fourth-order valence-electron chi connectivity index (χ4n) is 3.86. The Bertz CT molecular complexity index is 1100. The molecule has 158 valence electrons. The average Bonchev–Trinajstić information content (AvgIpc) is 3.05. The van der Waals surface area contributed by atoms with Crippen LogP contribution in [0.1, 0.15) is 26.6 Å². The summed E-state index contributed by atoms with van der Waals surface area (Å²) in [7, 11) is 3.85. The summed E-state index contributed by atoms with van der Waals surface area (Å²) in [5.74, 6) is 0.621. The molecule has 0 saturated carbocycles. The Balaban J connectivity index is 1.49. The van der Waals surface area contributed by atoms with Crippen LogP contribution >= 0.6 is 11.3 Å². The molecule has 1 fully saturated rings. The summed E-state index contributed by atoms with van der Waals surface area (Å²) >= 11 is 1.33. The number of aryl methyl sites for hydroxylation is 1. The van der Waals surface area contributed by atoms with E-state index in [-0.39, 0.29) is 11.5 Å². The summed E-state index contributed by atoms with van der Waals surface area (Å²) in [6.45, 7) is 6.37. The molecule has 0 bridgehead atoms. The van der Waals surface area contributed by atoms with E-state index in [2.05, 4.69) is 39.1 Å². The van der Waals surface area contributed by atoms with Gasteiger partial charge < -0.3 is 14.8 Å². The van der Waals surface area contributed by atoms with Gasteiger partial charge in [0.25, 0.3) is 11.5 Å². The van der Waals surface area contributed by atoms with Gasteiger partial charge in [-0.05, 0) is 32.1 Å². The predicted molar refractivity (Wildman–Crippen MR) is 120 cm³/mol. The number of H-pyrrole nitrogens is 1. The first kappa shape index (κ1) is 20.7. The van der Waals surface area contributed by atoms with Crippen LogP contribution in [0.2, 0.25) is 0 Å². The molecule has 0 radical (unpaired) electrons. The van der Waals surface area contributed by atoms with E-state index in [4.69, 9.17) is 0 Å². The highest BCUT2D eigenvalue weighted by molar-refractivity contribution is 7.20. The largest absolute Gasteiger partial charge is 0.335 e. The molecule has 3 heterocycles. The molecule has 2 aromatic heterocycles. The Morgan fingerprint density at radius 2 is 1.87 bits per heavy atom. The van der Waals surface area contributed by atoms with Crippen LogP contribution in [0, 0.1) is 6.92 Å². The van der Waals surface area contributed by atoms with Crippen LogP contribution in [0.3, 0.4) is 0 Å². The number of amides is 1. The minimum Gasteiger partial charge on any atom is -0.335 e. The van der Waals surface area contributed by atoms with Gasteiger partial charge in [0.15, 0.2) is 0 Å². The molecule has 7 nitrogen and oxygen atoms in total. The van der Waals surface area contributed by atoms with Crippen LogP contribution in [0.25, 0.3) is 10.2 Å². The molecular weight excluding hydrogens is 398 g/mol. The number of benzene rings is 1. The fourth-order valence-corrected chi connectivity index (χ4v) is 5.03. The van der Waals surface area contributed by atoms with Crippen molar-refractivity contribution in [3.05, 3.63) is 62.5 Å². The van der Waals surface area contributed by atoms with E-state index in [0.717, 1.165) is 25.2 Å². The van der Waals surface area contributed by atoms with Gasteiger partial charge >= 0.3 is 0 Å². The summed E-state index contributed by atoms with van der Waals surface area (Å²) < 4.78 is 0. The van der Waals surface area contributed by atoms with Crippen molar-refractivity contribution in [3.63, 3.8) is 0 Å². The zero-order valence-electron chi connectivity index (χ0n) is 17.6. The zero-order chi connectivity index (χ0) is 21.3. The molecule has 0 spiro atoms. The SMILES string of the molecule is Cc1c(C(=O)N2CCN(Cc3ccccc3)CC2)sc2nc(CN(C)C)[nH]c(=O)c12. The molecule has 1 N–H and O–H groups in total. The number of carbonyl (C=O) groups excluding carboxylic acids is 1. The van der Waals surface area contributed by atoms with E-state index >= 15 is 0 Å². The first-order chi connectivity index (χ1) is 14.4. The maximum Gasteiger partial charge on any atom is 0.264 e. The number of fused-ring (bicyclic) bond motifs is 1. The Morgan fingerprint density at radius 1 is 1.17 bits per heavy atom. The third-order valence-corrected chi connectivity index (χ3v) is 6.59. The molecule has 1 aliphatic rings. The van der Waals surface area contributed by atoms with Crippen LogP contribution in [-0.2, 0) is 13.1 Å². The molecule has 30 heavy (non-hydrogen) atoms. The van der Waals surface area contributed by atoms with Crippen molar-refractivity contribution in [2.75, 3.05) is 40.3 Å². The molecule has 4 rings (SSSR count). The molecular formula is C22H27N5O2S. The minimum atomic E-state index is -0.169. The average molecular weight is 426 g/mol. The minimum absolute atomic E-state index is 0.00317. The number of carbonyl (C=O) groups is 1. The van der Waals surface area contributed by atoms with Gasteiger partial charge in [-0.25, -0.2) is 4.98 Å². The van der Waals surface area contributed by atoms with Gasteiger partial charge in [0.05, 0.1) is 16.8 Å².